The van der Waals surface area contributed by atoms with Crippen LogP contribution in [0.5, 0.6) is 0 Å². The molecule has 3 rings (SSSR count). The summed E-state index contributed by atoms with van der Waals surface area (Å²) in [5, 5.41) is 14.7. The van der Waals surface area contributed by atoms with E-state index in [4.69, 9.17) is 4.74 Å². The fourth-order valence-corrected chi connectivity index (χ4v) is 3.84. The van der Waals surface area contributed by atoms with Crippen LogP contribution in [0.1, 0.15) is 62.0 Å². The molecule has 0 spiro atoms. The second-order valence-electron chi connectivity index (χ2n) is 7.90. The first-order valence-corrected chi connectivity index (χ1v) is 8.80. The van der Waals surface area contributed by atoms with Crippen LogP contribution in [0.25, 0.3) is 0 Å². The van der Waals surface area contributed by atoms with Crippen molar-refractivity contribution in [3.63, 3.8) is 0 Å². The minimum atomic E-state index is -0.455. The number of fused-ring (bicyclic) bond motifs is 1. The molecule has 0 unspecified atom stereocenters. The molecule has 0 aromatic carbocycles. The normalized spacial score (nSPS) is 25.3. The Labute approximate surface area is 147 Å². The topological polar surface area (TPSA) is 94.4 Å². The van der Waals surface area contributed by atoms with Crippen molar-refractivity contribution < 1.29 is 14.5 Å². The van der Waals surface area contributed by atoms with Gasteiger partial charge in [-0.15, -0.1) is 0 Å². The SMILES string of the molecule is COC1CCC(Nc2nc3c(cc2[N+](=O)[O-])C(=O)CC(C)(C)C3)CC1. The number of nitro groups is 1. The molecule has 2 aliphatic carbocycles. The van der Waals surface area contributed by atoms with E-state index in [1.165, 1.54) is 6.07 Å². The second-order valence-corrected chi connectivity index (χ2v) is 7.90. The molecule has 1 saturated carbocycles. The van der Waals surface area contributed by atoms with Gasteiger partial charge in [-0.25, -0.2) is 4.98 Å². The Balaban J connectivity index is 1.88. The molecule has 0 atom stereocenters. The highest BCUT2D eigenvalue weighted by atomic mass is 16.6. The summed E-state index contributed by atoms with van der Waals surface area (Å²) < 4.78 is 5.37. The lowest BCUT2D eigenvalue weighted by Gasteiger charge is -2.31. The molecule has 7 nitrogen and oxygen atoms in total. The van der Waals surface area contributed by atoms with Crippen molar-refractivity contribution in [2.75, 3.05) is 12.4 Å². The van der Waals surface area contributed by atoms with Crippen molar-refractivity contribution in [2.24, 2.45) is 5.41 Å². The minimum absolute atomic E-state index is 0.0611. The zero-order valence-electron chi connectivity index (χ0n) is 15.0. The maximum absolute atomic E-state index is 12.3. The smallest absolute Gasteiger partial charge is 0.312 e. The fourth-order valence-electron chi connectivity index (χ4n) is 3.84. The highest BCUT2D eigenvalue weighted by Crippen LogP contribution is 2.37. The number of carbonyl (C=O) groups excluding carboxylic acids is 1. The number of nitrogens with zero attached hydrogens (tertiary/aromatic N) is 2. The van der Waals surface area contributed by atoms with Crippen LogP contribution in [0.4, 0.5) is 11.5 Å². The third-order valence-electron chi connectivity index (χ3n) is 5.21. The van der Waals surface area contributed by atoms with Gasteiger partial charge in [-0.1, -0.05) is 13.8 Å². The molecule has 0 radical (unpaired) electrons. The van der Waals surface area contributed by atoms with Crippen LogP contribution in [0.15, 0.2) is 6.07 Å². The number of ketones is 1. The van der Waals surface area contributed by atoms with Crippen molar-refractivity contribution in [2.45, 2.75) is 64.5 Å². The molecular formula is C18H25N3O4. The van der Waals surface area contributed by atoms with Gasteiger partial charge in [0.25, 0.3) is 0 Å². The van der Waals surface area contributed by atoms with Gasteiger partial charge in [-0.05, 0) is 37.5 Å². The zero-order valence-corrected chi connectivity index (χ0v) is 15.0. The van der Waals surface area contributed by atoms with E-state index in [-0.39, 0.29) is 34.8 Å². The number of nitrogens with one attached hydrogen (secondary N) is 1. The van der Waals surface area contributed by atoms with E-state index in [0.29, 0.717) is 24.1 Å². The molecule has 1 aromatic rings. The number of hydrogen-bond acceptors (Lipinski definition) is 6. The summed E-state index contributed by atoms with van der Waals surface area (Å²) in [4.78, 5) is 27.9. The van der Waals surface area contributed by atoms with E-state index in [9.17, 15) is 14.9 Å². The molecular weight excluding hydrogens is 322 g/mol. The Morgan fingerprint density at radius 3 is 2.56 bits per heavy atom. The average Bonchev–Trinajstić information content (AvgIpc) is 2.53. The van der Waals surface area contributed by atoms with Gasteiger partial charge in [0.05, 0.1) is 16.7 Å². The van der Waals surface area contributed by atoms with Gasteiger partial charge in [-0.2, -0.15) is 0 Å². The molecule has 1 heterocycles. The molecule has 0 bridgehead atoms. The minimum Gasteiger partial charge on any atom is -0.381 e. The van der Waals surface area contributed by atoms with Gasteiger partial charge >= 0.3 is 5.69 Å². The van der Waals surface area contributed by atoms with Gasteiger partial charge in [0.15, 0.2) is 5.78 Å². The summed E-state index contributed by atoms with van der Waals surface area (Å²) in [5.41, 5.74) is 0.793. The van der Waals surface area contributed by atoms with Crippen molar-refractivity contribution in [1.29, 1.82) is 0 Å². The maximum atomic E-state index is 12.3. The third-order valence-corrected chi connectivity index (χ3v) is 5.21. The monoisotopic (exact) mass is 347 g/mol. The van der Waals surface area contributed by atoms with Gasteiger partial charge in [0.1, 0.15) is 0 Å². The number of methoxy groups -OCH3 is 1. The van der Waals surface area contributed by atoms with E-state index >= 15 is 0 Å². The van der Waals surface area contributed by atoms with Crippen LogP contribution in [-0.2, 0) is 11.2 Å². The first-order valence-electron chi connectivity index (χ1n) is 8.80. The number of ether oxygens (including phenoxy) is 1. The number of pyridine rings is 1. The Morgan fingerprint density at radius 1 is 1.28 bits per heavy atom. The molecule has 25 heavy (non-hydrogen) atoms. The summed E-state index contributed by atoms with van der Waals surface area (Å²) in [6.07, 6.45) is 4.95. The van der Waals surface area contributed by atoms with E-state index < -0.39 is 4.92 Å². The molecule has 0 aliphatic heterocycles. The van der Waals surface area contributed by atoms with Crippen LogP contribution in [0.3, 0.4) is 0 Å². The zero-order chi connectivity index (χ0) is 18.2. The average molecular weight is 347 g/mol. The quantitative estimate of drug-likeness (QED) is 0.661. The lowest BCUT2D eigenvalue weighted by molar-refractivity contribution is -0.384. The molecule has 2 aliphatic rings. The maximum Gasteiger partial charge on any atom is 0.312 e. The van der Waals surface area contributed by atoms with Gasteiger partial charge in [0, 0.05) is 31.2 Å². The van der Waals surface area contributed by atoms with Crippen molar-refractivity contribution in [3.05, 3.63) is 27.4 Å². The van der Waals surface area contributed by atoms with E-state index in [1.54, 1.807) is 7.11 Å². The largest absolute Gasteiger partial charge is 0.381 e. The van der Waals surface area contributed by atoms with Crippen LogP contribution in [0, 0.1) is 15.5 Å². The summed E-state index contributed by atoms with van der Waals surface area (Å²) in [5.74, 6) is 0.226. The molecule has 7 heteroatoms. The second kappa shape index (κ2) is 6.71. The molecule has 1 N–H and O–H groups in total. The molecule has 1 fully saturated rings. The van der Waals surface area contributed by atoms with Gasteiger partial charge < -0.3 is 10.1 Å². The number of hydrogen-bond donors (Lipinski definition) is 1. The third kappa shape index (κ3) is 3.81. The predicted molar refractivity (Wildman–Crippen MR) is 94.0 cm³/mol. The lowest BCUT2D eigenvalue weighted by Crippen LogP contribution is -2.31. The molecule has 0 saturated heterocycles. The summed E-state index contributed by atoms with van der Waals surface area (Å²) in [6.45, 7) is 4.05. The number of aromatic nitrogens is 1. The Kier molecular flexibility index (Phi) is 4.77. The van der Waals surface area contributed by atoms with Crippen LogP contribution in [-0.4, -0.2) is 34.9 Å². The van der Waals surface area contributed by atoms with Crippen LogP contribution >= 0.6 is 0 Å². The Bertz CT molecular complexity index is 694. The summed E-state index contributed by atoms with van der Waals surface area (Å²) in [7, 11) is 1.72. The Hall–Kier alpha value is -2.02. The molecule has 0 amide bonds. The van der Waals surface area contributed by atoms with Crippen molar-refractivity contribution >= 4 is 17.3 Å². The highest BCUT2D eigenvalue weighted by Gasteiger charge is 2.35. The lowest BCUT2D eigenvalue weighted by atomic mass is 9.75. The number of anilines is 1. The standard InChI is InChI=1S/C18H25N3O4/c1-18(2)9-14-13(16(22)10-18)8-15(21(23)24)17(20-14)19-11-4-6-12(25-3)7-5-11/h8,11-12H,4-7,9-10H2,1-3H3,(H,19,20). The number of Topliss-reactive ketones (excluding diaryl/α,β-unsaturated/α-hetero) is 1. The summed E-state index contributed by atoms with van der Waals surface area (Å²) >= 11 is 0. The van der Waals surface area contributed by atoms with E-state index in [1.807, 2.05) is 13.8 Å². The van der Waals surface area contributed by atoms with Gasteiger partial charge in [0.2, 0.25) is 5.82 Å². The number of rotatable bonds is 4. The summed E-state index contributed by atoms with van der Waals surface area (Å²) in [6, 6.07) is 1.55. The van der Waals surface area contributed by atoms with Crippen molar-refractivity contribution in [1.82, 2.24) is 4.98 Å². The van der Waals surface area contributed by atoms with E-state index in [2.05, 4.69) is 10.3 Å². The van der Waals surface area contributed by atoms with Crippen LogP contribution in [0.2, 0.25) is 0 Å². The predicted octanol–water partition coefficient (Wildman–Crippen LogP) is 3.51. The first-order chi connectivity index (χ1) is 11.8. The van der Waals surface area contributed by atoms with Crippen LogP contribution < -0.4 is 5.32 Å². The molecule has 1 aromatic heterocycles. The fraction of sp³-hybridized carbons (Fsp3) is 0.667. The molecule has 136 valence electrons. The highest BCUT2D eigenvalue weighted by molar-refractivity contribution is 5.99. The van der Waals surface area contributed by atoms with E-state index in [0.717, 1.165) is 25.7 Å². The first kappa shape index (κ1) is 17.8. The Morgan fingerprint density at radius 2 is 1.96 bits per heavy atom. The van der Waals surface area contributed by atoms with Gasteiger partial charge in [-0.3, -0.25) is 14.9 Å². The van der Waals surface area contributed by atoms with Crippen molar-refractivity contribution in [3.8, 4) is 0 Å². The number of carbonyl (C=O) groups is 1.